The van der Waals surface area contributed by atoms with Crippen LogP contribution in [0.3, 0.4) is 0 Å². The van der Waals surface area contributed by atoms with Crippen LogP contribution in [-0.4, -0.2) is 89.5 Å². The first-order chi connectivity index (χ1) is 12.1. The highest BCUT2D eigenvalue weighted by molar-refractivity contribution is 5.89. The molecule has 1 aliphatic rings. The minimum atomic E-state index is -0.166. The molecule has 4 amide bonds. The van der Waals surface area contributed by atoms with E-state index in [9.17, 15) is 9.59 Å². The lowest BCUT2D eigenvalue weighted by Crippen LogP contribution is -2.54. The molecular formula is C16H28N6O3. The third-order valence-electron chi connectivity index (χ3n) is 4.28. The molecule has 1 fully saturated rings. The lowest BCUT2D eigenvalue weighted by Gasteiger charge is -2.37. The van der Waals surface area contributed by atoms with Crippen molar-refractivity contribution in [3.05, 3.63) is 12.4 Å². The third kappa shape index (κ3) is 5.09. The first kappa shape index (κ1) is 19.0. The number of piperazine rings is 1. The van der Waals surface area contributed by atoms with E-state index in [1.54, 1.807) is 38.9 Å². The number of methoxy groups -OCH3 is 1. The number of ether oxygens (including phenoxy) is 1. The predicted molar refractivity (Wildman–Crippen MR) is 94.6 cm³/mol. The molecule has 9 heteroatoms. The average Bonchev–Trinajstić information content (AvgIpc) is 3.08. The summed E-state index contributed by atoms with van der Waals surface area (Å²) < 4.78 is 6.72. The van der Waals surface area contributed by atoms with Crippen LogP contribution in [-0.2, 0) is 11.3 Å². The number of urea groups is 2. The van der Waals surface area contributed by atoms with Gasteiger partial charge < -0.3 is 24.8 Å². The molecule has 140 valence electrons. The summed E-state index contributed by atoms with van der Waals surface area (Å²) in [6, 6.07) is -0.120. The second kappa shape index (κ2) is 9.26. The van der Waals surface area contributed by atoms with Crippen LogP contribution < -0.4 is 5.32 Å². The van der Waals surface area contributed by atoms with Crippen molar-refractivity contribution >= 4 is 17.7 Å². The van der Waals surface area contributed by atoms with E-state index in [0.717, 1.165) is 0 Å². The van der Waals surface area contributed by atoms with Crippen molar-refractivity contribution in [1.29, 1.82) is 0 Å². The van der Waals surface area contributed by atoms with Gasteiger partial charge in [0.1, 0.15) is 0 Å². The second-order valence-corrected chi connectivity index (χ2v) is 5.84. The summed E-state index contributed by atoms with van der Waals surface area (Å²) in [4.78, 5) is 30.0. The maximum absolute atomic E-state index is 12.4. The van der Waals surface area contributed by atoms with Gasteiger partial charge in [-0.1, -0.05) is 0 Å². The monoisotopic (exact) mass is 352 g/mol. The molecule has 0 aliphatic carbocycles. The van der Waals surface area contributed by atoms with E-state index in [4.69, 9.17) is 4.74 Å². The van der Waals surface area contributed by atoms with Crippen molar-refractivity contribution in [3.63, 3.8) is 0 Å². The highest BCUT2D eigenvalue weighted by Crippen LogP contribution is 2.10. The number of carbonyl (C=O) groups is 2. The molecule has 2 heterocycles. The number of carbonyl (C=O) groups excluding carboxylic acids is 2. The Labute approximate surface area is 148 Å². The van der Waals surface area contributed by atoms with E-state index in [1.807, 2.05) is 13.8 Å². The smallest absolute Gasteiger partial charge is 0.322 e. The highest BCUT2D eigenvalue weighted by Gasteiger charge is 2.26. The largest absolute Gasteiger partial charge is 0.383 e. The molecular weight excluding hydrogens is 324 g/mol. The summed E-state index contributed by atoms with van der Waals surface area (Å²) in [6.45, 7) is 8.69. The van der Waals surface area contributed by atoms with E-state index in [-0.39, 0.29) is 12.1 Å². The van der Waals surface area contributed by atoms with Gasteiger partial charge in [0.2, 0.25) is 0 Å². The topological polar surface area (TPSA) is 82.9 Å². The van der Waals surface area contributed by atoms with Gasteiger partial charge in [0.05, 0.1) is 25.0 Å². The summed E-state index contributed by atoms with van der Waals surface area (Å²) in [6.07, 6.45) is 3.39. The Morgan fingerprint density at radius 3 is 2.44 bits per heavy atom. The number of amides is 4. The van der Waals surface area contributed by atoms with Gasteiger partial charge in [0.15, 0.2) is 0 Å². The minimum absolute atomic E-state index is 0.0458. The van der Waals surface area contributed by atoms with Crippen LogP contribution in [0, 0.1) is 0 Å². The van der Waals surface area contributed by atoms with Gasteiger partial charge in [-0.15, -0.1) is 0 Å². The maximum atomic E-state index is 12.4. The Morgan fingerprint density at radius 2 is 1.84 bits per heavy atom. The average molecular weight is 352 g/mol. The fourth-order valence-electron chi connectivity index (χ4n) is 2.73. The van der Waals surface area contributed by atoms with Crippen LogP contribution in [0.4, 0.5) is 15.3 Å². The number of hydrogen-bond donors (Lipinski definition) is 1. The van der Waals surface area contributed by atoms with E-state index < -0.39 is 0 Å². The van der Waals surface area contributed by atoms with E-state index in [1.165, 1.54) is 0 Å². The Kier molecular flexibility index (Phi) is 7.05. The second-order valence-electron chi connectivity index (χ2n) is 5.84. The first-order valence-electron chi connectivity index (χ1n) is 8.70. The van der Waals surface area contributed by atoms with Gasteiger partial charge in [0.25, 0.3) is 0 Å². The van der Waals surface area contributed by atoms with Gasteiger partial charge in [-0.3, -0.25) is 4.68 Å². The summed E-state index contributed by atoms with van der Waals surface area (Å²) in [5.74, 6) is 0. The summed E-state index contributed by atoms with van der Waals surface area (Å²) in [5, 5.41) is 7.02. The molecule has 1 aliphatic heterocycles. The molecule has 25 heavy (non-hydrogen) atoms. The molecule has 0 atom stereocenters. The molecule has 0 unspecified atom stereocenters. The molecule has 1 aromatic rings. The molecule has 9 nitrogen and oxygen atoms in total. The van der Waals surface area contributed by atoms with E-state index >= 15 is 0 Å². The fourth-order valence-corrected chi connectivity index (χ4v) is 2.73. The molecule has 0 bridgehead atoms. The predicted octanol–water partition coefficient (Wildman–Crippen LogP) is 1.14. The van der Waals surface area contributed by atoms with Gasteiger partial charge in [0, 0.05) is 52.6 Å². The van der Waals surface area contributed by atoms with Crippen LogP contribution in [0.1, 0.15) is 13.8 Å². The summed E-state index contributed by atoms with van der Waals surface area (Å²) >= 11 is 0. The highest BCUT2D eigenvalue weighted by atomic mass is 16.5. The van der Waals surface area contributed by atoms with Crippen molar-refractivity contribution in [2.24, 2.45) is 0 Å². The number of nitrogens with zero attached hydrogens (tertiary/aromatic N) is 5. The fraction of sp³-hybridized carbons (Fsp3) is 0.688. The zero-order valence-corrected chi connectivity index (χ0v) is 15.3. The number of nitrogens with one attached hydrogen (secondary N) is 1. The van der Waals surface area contributed by atoms with Crippen LogP contribution in [0.15, 0.2) is 12.4 Å². The number of hydrogen-bond acceptors (Lipinski definition) is 4. The molecule has 0 radical (unpaired) electrons. The van der Waals surface area contributed by atoms with Gasteiger partial charge in [-0.25, -0.2) is 9.59 Å². The van der Waals surface area contributed by atoms with Crippen LogP contribution in [0.25, 0.3) is 0 Å². The molecule has 0 aromatic carbocycles. The molecule has 1 N–H and O–H groups in total. The quantitative estimate of drug-likeness (QED) is 0.832. The molecule has 0 spiro atoms. The van der Waals surface area contributed by atoms with Crippen molar-refractivity contribution < 1.29 is 14.3 Å². The molecule has 1 saturated heterocycles. The zero-order chi connectivity index (χ0) is 18.2. The Hall–Kier alpha value is -2.29. The van der Waals surface area contributed by atoms with Crippen molar-refractivity contribution in [2.75, 3.05) is 58.3 Å². The van der Waals surface area contributed by atoms with Gasteiger partial charge in [-0.05, 0) is 13.8 Å². The summed E-state index contributed by atoms with van der Waals surface area (Å²) in [7, 11) is 1.64. The minimum Gasteiger partial charge on any atom is -0.383 e. The van der Waals surface area contributed by atoms with Crippen LogP contribution >= 0.6 is 0 Å². The molecule has 1 aromatic heterocycles. The molecule has 0 saturated carbocycles. The number of aromatic nitrogens is 2. The van der Waals surface area contributed by atoms with Crippen molar-refractivity contribution in [2.45, 2.75) is 20.4 Å². The van der Waals surface area contributed by atoms with Crippen molar-refractivity contribution in [3.8, 4) is 0 Å². The SMILES string of the molecule is CCN(CC)C(=O)N1CCN(C(=O)Nc2cnn(CCOC)c2)CC1. The Bertz CT molecular complexity index is 564. The summed E-state index contributed by atoms with van der Waals surface area (Å²) in [5.41, 5.74) is 0.655. The normalized spacial score (nSPS) is 14.5. The number of anilines is 1. The van der Waals surface area contributed by atoms with Crippen LogP contribution in [0.2, 0.25) is 0 Å². The van der Waals surface area contributed by atoms with Gasteiger partial charge in [-0.2, -0.15) is 5.10 Å². The Balaban J connectivity index is 1.81. The lowest BCUT2D eigenvalue weighted by molar-refractivity contribution is 0.125. The molecule has 2 rings (SSSR count). The van der Waals surface area contributed by atoms with Crippen LogP contribution in [0.5, 0.6) is 0 Å². The van der Waals surface area contributed by atoms with Gasteiger partial charge >= 0.3 is 12.1 Å². The standard InChI is InChI=1S/C16H28N6O3/c1-4-19(5-2)16(24)21-8-6-20(7-9-21)15(23)18-14-12-17-22(13-14)10-11-25-3/h12-13H,4-11H2,1-3H3,(H,18,23). The number of rotatable bonds is 6. The lowest BCUT2D eigenvalue weighted by atomic mass is 10.3. The maximum Gasteiger partial charge on any atom is 0.322 e. The van der Waals surface area contributed by atoms with Crippen molar-refractivity contribution in [1.82, 2.24) is 24.5 Å². The third-order valence-corrected chi connectivity index (χ3v) is 4.28. The van der Waals surface area contributed by atoms with E-state index in [2.05, 4.69) is 10.4 Å². The zero-order valence-electron chi connectivity index (χ0n) is 15.3. The van der Waals surface area contributed by atoms with E-state index in [0.29, 0.717) is 58.1 Å². The Morgan fingerprint density at radius 1 is 1.20 bits per heavy atom. The first-order valence-corrected chi connectivity index (χ1v) is 8.70.